The fraction of sp³-hybridized carbons (Fsp3) is 0.450. The van der Waals surface area contributed by atoms with Gasteiger partial charge < -0.3 is 10.2 Å². The predicted octanol–water partition coefficient (Wildman–Crippen LogP) is 2.33. The molecule has 2 aromatic carbocycles. The third kappa shape index (κ3) is 3.91. The molecule has 2 N–H and O–H groups in total. The highest BCUT2D eigenvalue weighted by Crippen LogP contribution is 2.23. The summed E-state index contributed by atoms with van der Waals surface area (Å²) in [5.41, 5.74) is 1.19. The van der Waals surface area contributed by atoms with E-state index >= 15 is 0 Å². The van der Waals surface area contributed by atoms with E-state index in [1.54, 1.807) is 0 Å². The van der Waals surface area contributed by atoms with E-state index in [4.69, 9.17) is 0 Å². The monoisotopic (exact) mass is 311 g/mol. The Morgan fingerprint density at radius 2 is 2.04 bits per heavy atom. The molecule has 3 heteroatoms. The highest BCUT2D eigenvalue weighted by molar-refractivity contribution is 5.87. The average Bonchev–Trinajstić information content (AvgIpc) is 2.54. The molecular formula is C20H27N2O+. The molecule has 1 heterocycles. The zero-order valence-corrected chi connectivity index (χ0v) is 14.1. The Kier molecular flexibility index (Phi) is 4.97. The molecule has 0 aliphatic carbocycles. The van der Waals surface area contributed by atoms with Gasteiger partial charge in [0, 0.05) is 5.92 Å². The van der Waals surface area contributed by atoms with Gasteiger partial charge in [-0.1, -0.05) is 49.4 Å². The summed E-state index contributed by atoms with van der Waals surface area (Å²) in [6.07, 6.45) is 2.54. The van der Waals surface area contributed by atoms with E-state index in [1.165, 1.54) is 34.1 Å². The number of fused-ring (bicyclic) bond motifs is 1. The van der Waals surface area contributed by atoms with Crippen LogP contribution in [0.4, 0.5) is 0 Å². The predicted molar refractivity (Wildman–Crippen MR) is 94.5 cm³/mol. The molecule has 2 aromatic rings. The first-order valence-electron chi connectivity index (χ1n) is 8.74. The SMILES string of the molecule is C[C@@H]1CCC[NH+](CC(=O)N[C@@H](C)c2cccc3ccccc23)C1. The van der Waals surface area contributed by atoms with E-state index in [0.29, 0.717) is 6.54 Å². The quantitative estimate of drug-likeness (QED) is 0.893. The van der Waals surface area contributed by atoms with Crippen molar-refractivity contribution < 1.29 is 9.69 Å². The van der Waals surface area contributed by atoms with Crippen LogP contribution in [0.5, 0.6) is 0 Å². The van der Waals surface area contributed by atoms with Gasteiger partial charge in [-0.2, -0.15) is 0 Å². The number of piperidine rings is 1. The third-order valence-electron chi connectivity index (χ3n) is 4.94. The van der Waals surface area contributed by atoms with Crippen LogP contribution in [0.3, 0.4) is 0 Å². The Bertz CT molecular complexity index is 677. The van der Waals surface area contributed by atoms with Crippen molar-refractivity contribution in [2.75, 3.05) is 19.6 Å². The number of carbonyl (C=O) groups is 1. The number of carbonyl (C=O) groups excluding carboxylic acids is 1. The molecule has 0 spiro atoms. The topological polar surface area (TPSA) is 33.5 Å². The zero-order valence-electron chi connectivity index (χ0n) is 14.1. The van der Waals surface area contributed by atoms with E-state index in [-0.39, 0.29) is 11.9 Å². The molecule has 0 aromatic heterocycles. The van der Waals surface area contributed by atoms with Gasteiger partial charge in [0.15, 0.2) is 6.54 Å². The van der Waals surface area contributed by atoms with Crippen molar-refractivity contribution in [2.24, 2.45) is 5.92 Å². The maximum atomic E-state index is 12.4. The van der Waals surface area contributed by atoms with Crippen LogP contribution < -0.4 is 10.2 Å². The Labute approximate surface area is 138 Å². The van der Waals surface area contributed by atoms with Crippen LogP contribution in [0.1, 0.15) is 38.3 Å². The fourth-order valence-electron chi connectivity index (χ4n) is 3.78. The highest BCUT2D eigenvalue weighted by atomic mass is 16.2. The Morgan fingerprint density at radius 1 is 1.26 bits per heavy atom. The molecule has 122 valence electrons. The van der Waals surface area contributed by atoms with Crippen molar-refractivity contribution >= 4 is 16.7 Å². The van der Waals surface area contributed by atoms with Crippen LogP contribution in [0, 0.1) is 5.92 Å². The molecular weight excluding hydrogens is 284 g/mol. The minimum atomic E-state index is 0.0372. The summed E-state index contributed by atoms with van der Waals surface area (Å²) in [7, 11) is 0. The summed E-state index contributed by atoms with van der Waals surface area (Å²) in [4.78, 5) is 13.8. The molecule has 1 fully saturated rings. The van der Waals surface area contributed by atoms with Crippen LogP contribution in [0.25, 0.3) is 10.8 Å². The largest absolute Gasteiger partial charge is 0.345 e. The van der Waals surface area contributed by atoms with Crippen molar-refractivity contribution in [3.8, 4) is 0 Å². The van der Waals surface area contributed by atoms with Gasteiger partial charge in [-0.25, -0.2) is 0 Å². The average molecular weight is 311 g/mol. The Hall–Kier alpha value is -1.87. The lowest BCUT2D eigenvalue weighted by Gasteiger charge is -2.27. The molecule has 3 rings (SSSR count). The van der Waals surface area contributed by atoms with Crippen LogP contribution in [0.2, 0.25) is 0 Å². The minimum Gasteiger partial charge on any atom is -0.345 e. The first-order chi connectivity index (χ1) is 11.1. The normalized spacial score (nSPS) is 22.7. The number of rotatable bonds is 4. The van der Waals surface area contributed by atoms with Crippen molar-refractivity contribution in [3.63, 3.8) is 0 Å². The van der Waals surface area contributed by atoms with Crippen LogP contribution >= 0.6 is 0 Å². The Morgan fingerprint density at radius 3 is 2.87 bits per heavy atom. The lowest BCUT2D eigenvalue weighted by atomic mass is 9.99. The van der Waals surface area contributed by atoms with E-state index in [1.807, 2.05) is 0 Å². The molecule has 0 saturated carbocycles. The number of nitrogens with one attached hydrogen (secondary N) is 2. The molecule has 1 unspecified atom stereocenters. The molecule has 1 saturated heterocycles. The standard InChI is InChI=1S/C20H26N2O/c1-15-7-6-12-22(13-15)14-20(23)21-16(2)18-11-5-9-17-8-3-4-10-19(17)18/h3-5,8-11,15-16H,6-7,12-14H2,1-2H3,(H,21,23)/p+1/t15-,16+/m1/s1. The van der Waals surface area contributed by atoms with Gasteiger partial charge in [0.05, 0.1) is 19.1 Å². The number of quaternary nitrogens is 1. The van der Waals surface area contributed by atoms with Crippen molar-refractivity contribution in [1.82, 2.24) is 5.32 Å². The molecule has 3 nitrogen and oxygen atoms in total. The molecule has 1 amide bonds. The summed E-state index contributed by atoms with van der Waals surface area (Å²) in [5, 5.41) is 5.64. The molecule has 1 aliphatic heterocycles. The molecule has 0 radical (unpaired) electrons. The van der Waals surface area contributed by atoms with E-state index in [9.17, 15) is 4.79 Å². The summed E-state index contributed by atoms with van der Waals surface area (Å²) < 4.78 is 0. The summed E-state index contributed by atoms with van der Waals surface area (Å²) in [5.74, 6) is 0.900. The lowest BCUT2D eigenvalue weighted by Crippen LogP contribution is -3.14. The minimum absolute atomic E-state index is 0.0372. The first-order valence-corrected chi connectivity index (χ1v) is 8.74. The zero-order chi connectivity index (χ0) is 16.2. The van der Waals surface area contributed by atoms with Gasteiger partial charge in [0.1, 0.15) is 0 Å². The summed E-state index contributed by atoms with van der Waals surface area (Å²) >= 11 is 0. The smallest absolute Gasteiger partial charge is 0.275 e. The van der Waals surface area contributed by atoms with E-state index in [0.717, 1.165) is 19.0 Å². The van der Waals surface area contributed by atoms with Crippen molar-refractivity contribution in [3.05, 3.63) is 48.0 Å². The maximum Gasteiger partial charge on any atom is 0.275 e. The van der Waals surface area contributed by atoms with Crippen molar-refractivity contribution in [1.29, 1.82) is 0 Å². The van der Waals surface area contributed by atoms with Crippen LogP contribution in [-0.2, 0) is 4.79 Å². The second-order valence-corrected chi connectivity index (χ2v) is 6.99. The van der Waals surface area contributed by atoms with E-state index in [2.05, 4.69) is 61.6 Å². The third-order valence-corrected chi connectivity index (χ3v) is 4.94. The fourth-order valence-corrected chi connectivity index (χ4v) is 3.78. The van der Waals surface area contributed by atoms with Crippen LogP contribution in [0.15, 0.2) is 42.5 Å². The highest BCUT2D eigenvalue weighted by Gasteiger charge is 2.23. The molecule has 3 atom stereocenters. The van der Waals surface area contributed by atoms with Gasteiger partial charge in [0.25, 0.3) is 5.91 Å². The van der Waals surface area contributed by atoms with Gasteiger partial charge in [-0.15, -0.1) is 0 Å². The molecule has 0 bridgehead atoms. The number of hydrogen-bond donors (Lipinski definition) is 2. The molecule has 1 aliphatic rings. The lowest BCUT2D eigenvalue weighted by molar-refractivity contribution is -0.900. The van der Waals surface area contributed by atoms with E-state index < -0.39 is 0 Å². The van der Waals surface area contributed by atoms with Crippen molar-refractivity contribution in [2.45, 2.75) is 32.7 Å². The number of benzene rings is 2. The summed E-state index contributed by atoms with van der Waals surface area (Å²) in [6.45, 7) is 7.21. The van der Waals surface area contributed by atoms with Gasteiger partial charge in [0.2, 0.25) is 0 Å². The second kappa shape index (κ2) is 7.14. The van der Waals surface area contributed by atoms with Gasteiger partial charge in [-0.3, -0.25) is 4.79 Å². The first kappa shape index (κ1) is 16.0. The second-order valence-electron chi connectivity index (χ2n) is 6.99. The number of amides is 1. The van der Waals surface area contributed by atoms with Crippen LogP contribution in [-0.4, -0.2) is 25.5 Å². The van der Waals surface area contributed by atoms with Gasteiger partial charge >= 0.3 is 0 Å². The maximum absolute atomic E-state index is 12.4. The summed E-state index contributed by atoms with van der Waals surface area (Å²) in [6, 6.07) is 14.7. The molecule has 23 heavy (non-hydrogen) atoms. The Balaban J connectivity index is 1.66. The van der Waals surface area contributed by atoms with Gasteiger partial charge in [-0.05, 0) is 36.1 Å². The number of likely N-dealkylation sites (tertiary alicyclic amines) is 1. The number of hydrogen-bond acceptors (Lipinski definition) is 1.